The van der Waals surface area contributed by atoms with Gasteiger partial charge in [0.05, 0.1) is 6.54 Å². The lowest BCUT2D eigenvalue weighted by molar-refractivity contribution is -0.143. The fourth-order valence-corrected chi connectivity index (χ4v) is 2.95. The summed E-state index contributed by atoms with van der Waals surface area (Å²) < 4.78 is 5.70. The predicted molar refractivity (Wildman–Crippen MR) is 83.2 cm³/mol. The number of hydrogen-bond acceptors (Lipinski definition) is 5. The summed E-state index contributed by atoms with van der Waals surface area (Å²) in [6.07, 6.45) is 0. The summed E-state index contributed by atoms with van der Waals surface area (Å²) in [6.45, 7) is 3.44. The third kappa shape index (κ3) is 3.80. The van der Waals surface area contributed by atoms with E-state index in [-0.39, 0.29) is 19.0 Å². The zero-order chi connectivity index (χ0) is 16.2. The summed E-state index contributed by atoms with van der Waals surface area (Å²) in [4.78, 5) is 27.2. The molecule has 7 heteroatoms. The second-order valence-electron chi connectivity index (χ2n) is 5.85. The molecular weight excluding hydrogens is 298 g/mol. The van der Waals surface area contributed by atoms with Crippen molar-refractivity contribution < 1.29 is 19.4 Å². The van der Waals surface area contributed by atoms with Crippen molar-refractivity contribution in [3.63, 3.8) is 0 Å². The average molecular weight is 319 g/mol. The molecule has 2 aliphatic rings. The Labute approximate surface area is 134 Å². The van der Waals surface area contributed by atoms with Gasteiger partial charge in [-0.05, 0) is 6.07 Å². The van der Waals surface area contributed by atoms with Gasteiger partial charge in [-0.2, -0.15) is 0 Å². The molecule has 3 rings (SSSR count). The van der Waals surface area contributed by atoms with E-state index in [0.29, 0.717) is 32.8 Å². The molecule has 23 heavy (non-hydrogen) atoms. The number of fused-ring (bicyclic) bond motifs is 1. The van der Waals surface area contributed by atoms with Crippen LogP contribution in [-0.4, -0.2) is 72.2 Å². The van der Waals surface area contributed by atoms with Gasteiger partial charge in [0, 0.05) is 38.3 Å². The number of carboxylic acid groups (broad SMARTS) is 1. The van der Waals surface area contributed by atoms with E-state index in [4.69, 9.17) is 9.84 Å². The smallest absolute Gasteiger partial charge is 0.322 e. The minimum atomic E-state index is -0.917. The van der Waals surface area contributed by atoms with E-state index < -0.39 is 12.0 Å². The first-order valence-corrected chi connectivity index (χ1v) is 7.80. The topological polar surface area (TPSA) is 82.1 Å². The molecule has 2 heterocycles. The third-order valence-corrected chi connectivity index (χ3v) is 4.22. The van der Waals surface area contributed by atoms with Crippen LogP contribution in [0.5, 0.6) is 5.75 Å². The number of para-hydroxylation sites is 1. The number of amides is 1. The largest absolute Gasteiger partial charge is 0.492 e. The average Bonchev–Trinajstić information content (AvgIpc) is 2.76. The van der Waals surface area contributed by atoms with Gasteiger partial charge in [0.25, 0.3) is 0 Å². The highest BCUT2D eigenvalue weighted by Crippen LogP contribution is 2.22. The van der Waals surface area contributed by atoms with E-state index in [1.165, 1.54) is 0 Å². The third-order valence-electron chi connectivity index (χ3n) is 4.22. The molecule has 1 amide bonds. The quantitative estimate of drug-likeness (QED) is 0.801. The van der Waals surface area contributed by atoms with E-state index in [1.54, 1.807) is 4.90 Å². The first-order valence-electron chi connectivity index (χ1n) is 7.80. The number of hydrogen-bond donors (Lipinski definition) is 2. The van der Waals surface area contributed by atoms with Crippen molar-refractivity contribution in [3.05, 3.63) is 29.8 Å². The van der Waals surface area contributed by atoms with Gasteiger partial charge in [-0.3, -0.25) is 14.5 Å². The summed E-state index contributed by atoms with van der Waals surface area (Å²) in [5, 5.41) is 12.0. The van der Waals surface area contributed by atoms with E-state index >= 15 is 0 Å². The van der Waals surface area contributed by atoms with Crippen LogP contribution < -0.4 is 10.1 Å². The Morgan fingerprint density at radius 3 is 2.96 bits per heavy atom. The maximum absolute atomic E-state index is 12.5. The van der Waals surface area contributed by atoms with Crippen LogP contribution in [-0.2, 0) is 16.1 Å². The standard InChI is InChI=1S/C16H21N3O4/c20-15(19-6-5-17-13(10-19)16(21)22)11-18-7-8-23-14-4-2-1-3-12(14)9-18/h1-4,13,17H,5-11H2,(H,21,22). The number of carbonyl (C=O) groups is 2. The highest BCUT2D eigenvalue weighted by Gasteiger charge is 2.28. The van der Waals surface area contributed by atoms with Gasteiger partial charge in [-0.15, -0.1) is 0 Å². The molecule has 0 radical (unpaired) electrons. The number of nitrogens with zero attached hydrogens (tertiary/aromatic N) is 2. The zero-order valence-corrected chi connectivity index (χ0v) is 12.9. The van der Waals surface area contributed by atoms with Gasteiger partial charge in [0.2, 0.25) is 5.91 Å². The number of rotatable bonds is 3. The molecule has 1 unspecified atom stereocenters. The molecule has 1 aromatic rings. The first kappa shape index (κ1) is 15.8. The van der Waals surface area contributed by atoms with Gasteiger partial charge in [-0.25, -0.2) is 0 Å². The number of aliphatic carboxylic acids is 1. The molecule has 2 aliphatic heterocycles. The van der Waals surface area contributed by atoms with Crippen molar-refractivity contribution in [2.75, 3.05) is 39.3 Å². The molecule has 124 valence electrons. The van der Waals surface area contributed by atoms with Crippen LogP contribution in [0.2, 0.25) is 0 Å². The maximum atomic E-state index is 12.5. The van der Waals surface area contributed by atoms with E-state index in [2.05, 4.69) is 5.32 Å². The van der Waals surface area contributed by atoms with Gasteiger partial charge < -0.3 is 20.1 Å². The molecule has 0 aromatic heterocycles. The Balaban J connectivity index is 1.60. The van der Waals surface area contributed by atoms with Crippen LogP contribution in [0.3, 0.4) is 0 Å². The Hall–Kier alpha value is -2.12. The molecule has 0 bridgehead atoms. The highest BCUT2D eigenvalue weighted by molar-refractivity contribution is 5.80. The number of carboxylic acids is 1. The predicted octanol–water partition coefficient (Wildman–Crippen LogP) is -0.234. The van der Waals surface area contributed by atoms with Crippen molar-refractivity contribution in [1.82, 2.24) is 15.1 Å². The molecule has 1 aromatic carbocycles. The minimum absolute atomic E-state index is 0.0304. The van der Waals surface area contributed by atoms with Gasteiger partial charge in [-0.1, -0.05) is 18.2 Å². The van der Waals surface area contributed by atoms with Crippen LogP contribution in [0.15, 0.2) is 24.3 Å². The number of benzene rings is 1. The van der Waals surface area contributed by atoms with Crippen molar-refractivity contribution in [1.29, 1.82) is 0 Å². The Morgan fingerprint density at radius 2 is 2.13 bits per heavy atom. The normalized spacial score (nSPS) is 21.9. The fourth-order valence-electron chi connectivity index (χ4n) is 2.95. The van der Waals surface area contributed by atoms with Crippen molar-refractivity contribution in [3.8, 4) is 5.75 Å². The lowest BCUT2D eigenvalue weighted by Crippen LogP contribution is -2.57. The van der Waals surface area contributed by atoms with E-state index in [0.717, 1.165) is 11.3 Å². The Kier molecular flexibility index (Phi) is 4.78. The molecule has 1 saturated heterocycles. The molecule has 0 aliphatic carbocycles. The zero-order valence-electron chi connectivity index (χ0n) is 12.9. The van der Waals surface area contributed by atoms with Gasteiger partial charge in [0.15, 0.2) is 0 Å². The second-order valence-corrected chi connectivity index (χ2v) is 5.85. The van der Waals surface area contributed by atoms with Crippen LogP contribution in [0.1, 0.15) is 5.56 Å². The Morgan fingerprint density at radius 1 is 1.30 bits per heavy atom. The van der Waals surface area contributed by atoms with Crippen LogP contribution >= 0.6 is 0 Å². The summed E-state index contributed by atoms with van der Waals surface area (Å²) in [7, 11) is 0. The highest BCUT2D eigenvalue weighted by atomic mass is 16.5. The van der Waals surface area contributed by atoms with Gasteiger partial charge >= 0.3 is 5.97 Å². The molecule has 1 atom stereocenters. The number of nitrogens with one attached hydrogen (secondary N) is 1. The summed E-state index contributed by atoms with van der Waals surface area (Å²) in [6, 6.07) is 7.16. The monoisotopic (exact) mass is 319 g/mol. The fraction of sp³-hybridized carbons (Fsp3) is 0.500. The lowest BCUT2D eigenvalue weighted by Gasteiger charge is -2.33. The number of carbonyl (C=O) groups excluding carboxylic acids is 1. The van der Waals surface area contributed by atoms with E-state index in [9.17, 15) is 9.59 Å². The number of piperazine rings is 1. The molecule has 7 nitrogen and oxygen atoms in total. The summed E-state index contributed by atoms with van der Waals surface area (Å²) in [5.41, 5.74) is 1.07. The maximum Gasteiger partial charge on any atom is 0.322 e. The van der Waals surface area contributed by atoms with Crippen molar-refractivity contribution in [2.24, 2.45) is 0 Å². The number of ether oxygens (including phenoxy) is 1. The first-order chi connectivity index (χ1) is 11.1. The minimum Gasteiger partial charge on any atom is -0.492 e. The van der Waals surface area contributed by atoms with Crippen LogP contribution in [0, 0.1) is 0 Å². The molecule has 2 N–H and O–H groups in total. The lowest BCUT2D eigenvalue weighted by atomic mass is 10.2. The van der Waals surface area contributed by atoms with Crippen LogP contribution in [0.25, 0.3) is 0 Å². The molecule has 0 saturated carbocycles. The van der Waals surface area contributed by atoms with Crippen molar-refractivity contribution >= 4 is 11.9 Å². The SMILES string of the molecule is O=C(O)C1CN(C(=O)CN2CCOc3ccccc3C2)CCN1. The van der Waals surface area contributed by atoms with Crippen molar-refractivity contribution in [2.45, 2.75) is 12.6 Å². The molecule has 0 spiro atoms. The second kappa shape index (κ2) is 6.97. The van der Waals surface area contributed by atoms with Crippen LogP contribution in [0.4, 0.5) is 0 Å². The van der Waals surface area contributed by atoms with E-state index in [1.807, 2.05) is 29.2 Å². The van der Waals surface area contributed by atoms with Gasteiger partial charge in [0.1, 0.15) is 18.4 Å². The summed E-state index contributed by atoms with van der Waals surface area (Å²) in [5.74, 6) is -0.0766. The summed E-state index contributed by atoms with van der Waals surface area (Å²) >= 11 is 0. The molecular formula is C16H21N3O4. The Bertz CT molecular complexity index is 592. The molecule has 1 fully saturated rings.